The number of aliphatic imine (C=N–C) groups is 1. The fourth-order valence-electron chi connectivity index (χ4n) is 0.591. The van der Waals surface area contributed by atoms with Crippen molar-refractivity contribution in [2.24, 2.45) is 10.7 Å². The average molecular weight is 166 g/mol. The highest BCUT2D eigenvalue weighted by Crippen LogP contribution is 2.01. The molecular weight excluding hydrogens is 148 g/mol. The van der Waals surface area contributed by atoms with E-state index in [2.05, 4.69) is 18.5 Å². The molecule has 0 radical (unpaired) electrons. The first-order valence-corrected chi connectivity index (χ1v) is 4.23. The first kappa shape index (κ1) is 11.1. The number of nitrogens with two attached hydrogens (primary N) is 1. The molecule has 0 saturated heterocycles. The van der Waals surface area contributed by atoms with Gasteiger partial charge in [0.25, 0.3) is 0 Å². The molecule has 0 aromatic carbocycles. The van der Waals surface area contributed by atoms with Gasteiger partial charge in [-0.05, 0) is 25.8 Å². The van der Waals surface area contributed by atoms with E-state index in [1.807, 2.05) is 26.1 Å². The van der Waals surface area contributed by atoms with Crippen LogP contribution in [0.2, 0.25) is 0 Å². The monoisotopic (exact) mass is 166 g/mol. The maximum Gasteiger partial charge on any atom is 0.0398 e. The Kier molecular flexibility index (Phi) is 5.30. The van der Waals surface area contributed by atoms with Crippen LogP contribution in [0.1, 0.15) is 27.2 Å². The molecule has 2 nitrogen and oxygen atoms in total. The molecule has 2 N–H and O–H groups in total. The molecule has 0 aliphatic heterocycles. The van der Waals surface area contributed by atoms with Crippen LogP contribution in [-0.2, 0) is 0 Å². The summed E-state index contributed by atoms with van der Waals surface area (Å²) in [5.74, 6) is 0. The molecule has 0 aromatic rings. The lowest BCUT2D eigenvalue weighted by Crippen LogP contribution is -2.23. The fourth-order valence-corrected chi connectivity index (χ4v) is 0.591. The molecule has 0 aliphatic carbocycles. The van der Waals surface area contributed by atoms with Gasteiger partial charge >= 0.3 is 0 Å². The summed E-state index contributed by atoms with van der Waals surface area (Å²) in [7, 11) is 0. The highest BCUT2D eigenvalue weighted by atomic mass is 14.8. The molecule has 12 heavy (non-hydrogen) atoms. The van der Waals surface area contributed by atoms with Gasteiger partial charge < -0.3 is 5.73 Å². The van der Waals surface area contributed by atoms with E-state index >= 15 is 0 Å². The number of hydrogen-bond donors (Lipinski definition) is 1. The van der Waals surface area contributed by atoms with Crippen molar-refractivity contribution in [3.05, 3.63) is 24.4 Å². The quantitative estimate of drug-likeness (QED) is 0.505. The van der Waals surface area contributed by atoms with Gasteiger partial charge in [-0.1, -0.05) is 19.6 Å². The molecule has 0 spiro atoms. The van der Waals surface area contributed by atoms with Crippen molar-refractivity contribution in [2.45, 2.75) is 33.2 Å². The van der Waals surface area contributed by atoms with Crippen molar-refractivity contribution < 1.29 is 0 Å². The van der Waals surface area contributed by atoms with E-state index in [0.717, 1.165) is 17.7 Å². The van der Waals surface area contributed by atoms with Gasteiger partial charge in [0.05, 0.1) is 0 Å². The van der Waals surface area contributed by atoms with Crippen LogP contribution < -0.4 is 5.73 Å². The van der Waals surface area contributed by atoms with Crippen molar-refractivity contribution in [3.63, 3.8) is 0 Å². The molecule has 0 aromatic heterocycles. The number of nitrogens with zero attached hydrogens (tertiary/aromatic N) is 1. The van der Waals surface area contributed by atoms with Gasteiger partial charge in [0.2, 0.25) is 0 Å². The fraction of sp³-hybridized carbons (Fsp3) is 0.500. The second-order valence-electron chi connectivity index (χ2n) is 2.82. The Hall–Kier alpha value is -0.890. The second-order valence-corrected chi connectivity index (χ2v) is 2.82. The van der Waals surface area contributed by atoms with Gasteiger partial charge in [-0.25, -0.2) is 0 Å². The SMILES string of the molecule is C=C/C(=C\N=C(/C)C(C)N)CC. The number of rotatable bonds is 4. The van der Waals surface area contributed by atoms with Crippen LogP contribution in [0.4, 0.5) is 0 Å². The number of hydrogen-bond acceptors (Lipinski definition) is 2. The minimum absolute atomic E-state index is 0.0316. The Morgan fingerprint density at radius 1 is 1.67 bits per heavy atom. The zero-order chi connectivity index (χ0) is 9.56. The summed E-state index contributed by atoms with van der Waals surface area (Å²) in [5.41, 5.74) is 7.70. The predicted molar refractivity (Wildman–Crippen MR) is 55.3 cm³/mol. The summed E-state index contributed by atoms with van der Waals surface area (Å²) < 4.78 is 0. The third-order valence-electron chi connectivity index (χ3n) is 1.76. The minimum Gasteiger partial charge on any atom is -0.323 e. The summed E-state index contributed by atoms with van der Waals surface area (Å²) in [6.45, 7) is 9.61. The van der Waals surface area contributed by atoms with Crippen LogP contribution in [0.15, 0.2) is 29.4 Å². The Morgan fingerprint density at radius 3 is 2.58 bits per heavy atom. The van der Waals surface area contributed by atoms with Gasteiger partial charge in [-0.3, -0.25) is 4.99 Å². The first-order valence-electron chi connectivity index (χ1n) is 4.23. The van der Waals surface area contributed by atoms with Gasteiger partial charge in [0.1, 0.15) is 0 Å². The highest BCUT2D eigenvalue weighted by molar-refractivity contribution is 5.87. The van der Waals surface area contributed by atoms with E-state index in [1.165, 1.54) is 0 Å². The summed E-state index contributed by atoms with van der Waals surface area (Å²) in [5, 5.41) is 0. The van der Waals surface area contributed by atoms with E-state index in [-0.39, 0.29) is 6.04 Å². The molecule has 0 bridgehead atoms. The van der Waals surface area contributed by atoms with Crippen LogP contribution in [-0.4, -0.2) is 11.8 Å². The van der Waals surface area contributed by atoms with Crippen molar-refractivity contribution in [3.8, 4) is 0 Å². The van der Waals surface area contributed by atoms with Gasteiger partial charge in [0.15, 0.2) is 0 Å². The van der Waals surface area contributed by atoms with Gasteiger partial charge in [-0.2, -0.15) is 0 Å². The maximum absolute atomic E-state index is 5.62. The topological polar surface area (TPSA) is 38.4 Å². The normalized spacial score (nSPS) is 16.0. The third-order valence-corrected chi connectivity index (χ3v) is 1.76. The standard InChI is InChI=1S/C10H18N2/c1-5-10(6-2)7-12-9(4)8(3)11/h5,7-8H,1,6,11H2,2-4H3/b10-7+,12-9+. The summed E-state index contributed by atoms with van der Waals surface area (Å²) in [4.78, 5) is 4.22. The van der Waals surface area contributed by atoms with Crippen molar-refractivity contribution >= 4 is 5.71 Å². The Bertz CT molecular complexity index is 200. The van der Waals surface area contributed by atoms with E-state index in [4.69, 9.17) is 5.73 Å². The molecule has 0 rings (SSSR count). The van der Waals surface area contributed by atoms with Crippen LogP contribution >= 0.6 is 0 Å². The molecule has 68 valence electrons. The summed E-state index contributed by atoms with van der Waals surface area (Å²) in [6.07, 6.45) is 4.60. The van der Waals surface area contributed by atoms with E-state index in [9.17, 15) is 0 Å². The molecule has 0 fully saturated rings. The Balaban J connectivity index is 4.34. The molecule has 0 saturated carbocycles. The first-order chi connectivity index (χ1) is 5.61. The molecule has 0 amide bonds. The van der Waals surface area contributed by atoms with Crippen LogP contribution in [0, 0.1) is 0 Å². The molecule has 1 unspecified atom stereocenters. The van der Waals surface area contributed by atoms with E-state index < -0.39 is 0 Å². The maximum atomic E-state index is 5.62. The Labute approximate surface area is 74.9 Å². The zero-order valence-electron chi connectivity index (χ0n) is 8.17. The minimum atomic E-state index is 0.0316. The molecular formula is C10H18N2. The second kappa shape index (κ2) is 5.72. The lowest BCUT2D eigenvalue weighted by Gasteiger charge is -2.01. The van der Waals surface area contributed by atoms with Crippen LogP contribution in [0.3, 0.4) is 0 Å². The largest absolute Gasteiger partial charge is 0.323 e. The van der Waals surface area contributed by atoms with Crippen molar-refractivity contribution in [2.75, 3.05) is 0 Å². The lowest BCUT2D eigenvalue weighted by molar-refractivity contribution is 0.965. The average Bonchev–Trinajstić information content (AvgIpc) is 2.05. The highest BCUT2D eigenvalue weighted by Gasteiger charge is 1.95. The number of allylic oxidation sites excluding steroid dienone is 2. The van der Waals surface area contributed by atoms with Crippen LogP contribution in [0.25, 0.3) is 0 Å². The zero-order valence-corrected chi connectivity index (χ0v) is 8.17. The van der Waals surface area contributed by atoms with Crippen molar-refractivity contribution in [1.82, 2.24) is 0 Å². The van der Waals surface area contributed by atoms with Crippen molar-refractivity contribution in [1.29, 1.82) is 0 Å². The summed E-state index contributed by atoms with van der Waals surface area (Å²) in [6, 6.07) is 0.0316. The van der Waals surface area contributed by atoms with Gasteiger partial charge in [-0.15, -0.1) is 0 Å². The summed E-state index contributed by atoms with van der Waals surface area (Å²) >= 11 is 0. The third kappa shape index (κ3) is 4.09. The van der Waals surface area contributed by atoms with Gasteiger partial charge in [0, 0.05) is 18.0 Å². The molecule has 1 atom stereocenters. The lowest BCUT2D eigenvalue weighted by atomic mass is 10.2. The molecule has 0 aliphatic rings. The Morgan fingerprint density at radius 2 is 2.25 bits per heavy atom. The smallest absolute Gasteiger partial charge is 0.0398 e. The molecule has 0 heterocycles. The molecule has 2 heteroatoms. The van der Waals surface area contributed by atoms with E-state index in [0.29, 0.717) is 0 Å². The van der Waals surface area contributed by atoms with E-state index in [1.54, 1.807) is 0 Å². The van der Waals surface area contributed by atoms with Crippen LogP contribution in [0.5, 0.6) is 0 Å². The predicted octanol–water partition coefficient (Wildman–Crippen LogP) is 2.27.